The smallest absolute Gasteiger partial charge is 0.274 e. The topological polar surface area (TPSA) is 46.1 Å². The van der Waals surface area contributed by atoms with Gasteiger partial charge in [0.2, 0.25) is 0 Å². The summed E-state index contributed by atoms with van der Waals surface area (Å²) >= 11 is 0. The van der Waals surface area contributed by atoms with Crippen molar-refractivity contribution in [3.05, 3.63) is 59.9 Å². The normalized spacial score (nSPS) is 15.9. The van der Waals surface area contributed by atoms with Crippen LogP contribution in [0.25, 0.3) is 0 Å². The summed E-state index contributed by atoms with van der Waals surface area (Å²) in [4.78, 5) is 14.2. The first-order valence-electron chi connectivity index (χ1n) is 7.44. The highest BCUT2D eigenvalue weighted by molar-refractivity contribution is 5.92. The van der Waals surface area contributed by atoms with Crippen LogP contribution in [0.15, 0.2) is 48.7 Å². The lowest BCUT2D eigenvalue weighted by atomic mass is 9.90. The number of aromatic nitrogens is 2. The van der Waals surface area contributed by atoms with Crippen LogP contribution in [0.1, 0.15) is 28.9 Å². The minimum atomic E-state index is 0.00117. The van der Waals surface area contributed by atoms with Crippen molar-refractivity contribution in [2.45, 2.75) is 19.3 Å². The van der Waals surface area contributed by atoms with E-state index in [9.17, 15) is 4.79 Å². The van der Waals surface area contributed by atoms with Crippen molar-refractivity contribution in [3.63, 3.8) is 0 Å². The van der Waals surface area contributed by atoms with Gasteiger partial charge in [0.05, 0.1) is 0 Å². The molecule has 2 heterocycles. The van der Waals surface area contributed by atoms with E-state index in [0.29, 0.717) is 11.6 Å². The van der Waals surface area contributed by atoms with Gasteiger partial charge in [-0.3, -0.25) is 4.79 Å². The third-order valence-electron chi connectivity index (χ3n) is 4.06. The Labute approximate surface area is 124 Å². The van der Waals surface area contributed by atoms with Gasteiger partial charge in [0, 0.05) is 19.3 Å². The molecule has 0 radical (unpaired) electrons. The van der Waals surface area contributed by atoms with Crippen molar-refractivity contribution in [2.24, 2.45) is 5.92 Å². The van der Waals surface area contributed by atoms with Gasteiger partial charge in [0.15, 0.2) is 5.69 Å². The van der Waals surface area contributed by atoms with Gasteiger partial charge in [-0.05, 0) is 42.9 Å². The van der Waals surface area contributed by atoms with Gasteiger partial charge in [0.1, 0.15) is 0 Å². The second-order valence-electron chi connectivity index (χ2n) is 5.53. The molecule has 0 aliphatic carbocycles. The lowest BCUT2D eigenvalue weighted by molar-refractivity contribution is 0.0683. The van der Waals surface area contributed by atoms with Crippen LogP contribution >= 0.6 is 0 Å². The van der Waals surface area contributed by atoms with E-state index in [4.69, 9.17) is 0 Å². The fraction of sp³-hybridized carbons (Fsp3) is 0.353. The first kappa shape index (κ1) is 13.7. The number of piperidine rings is 1. The van der Waals surface area contributed by atoms with Gasteiger partial charge < -0.3 is 4.90 Å². The van der Waals surface area contributed by atoms with Crippen LogP contribution in [0.5, 0.6) is 0 Å². The molecule has 0 spiro atoms. The Bertz CT molecular complexity index is 577. The molecule has 0 saturated carbocycles. The molecule has 108 valence electrons. The average Bonchev–Trinajstić information content (AvgIpc) is 2.57. The molecule has 1 aromatic carbocycles. The summed E-state index contributed by atoms with van der Waals surface area (Å²) in [6.07, 6.45) is 4.80. The average molecular weight is 281 g/mol. The molecule has 3 rings (SSSR count). The zero-order valence-electron chi connectivity index (χ0n) is 12.0. The van der Waals surface area contributed by atoms with Crippen LogP contribution in [0.4, 0.5) is 0 Å². The number of likely N-dealkylation sites (tertiary alicyclic amines) is 1. The number of benzene rings is 1. The number of hydrogen-bond donors (Lipinski definition) is 0. The highest BCUT2D eigenvalue weighted by atomic mass is 16.2. The van der Waals surface area contributed by atoms with Gasteiger partial charge >= 0.3 is 0 Å². The minimum Gasteiger partial charge on any atom is -0.337 e. The Kier molecular flexibility index (Phi) is 4.24. The highest BCUT2D eigenvalue weighted by Gasteiger charge is 2.24. The molecule has 21 heavy (non-hydrogen) atoms. The zero-order valence-corrected chi connectivity index (χ0v) is 12.0. The third-order valence-corrected chi connectivity index (χ3v) is 4.06. The molecular formula is C17H19N3O. The quantitative estimate of drug-likeness (QED) is 0.868. The molecule has 1 aliphatic rings. The number of amides is 1. The molecule has 0 unspecified atom stereocenters. The summed E-state index contributed by atoms with van der Waals surface area (Å²) in [5, 5.41) is 7.67. The summed E-state index contributed by atoms with van der Waals surface area (Å²) in [5.41, 5.74) is 1.83. The van der Waals surface area contributed by atoms with E-state index in [1.807, 2.05) is 11.0 Å². The van der Waals surface area contributed by atoms with Crippen molar-refractivity contribution in [3.8, 4) is 0 Å². The lowest BCUT2D eigenvalue weighted by Gasteiger charge is -2.31. The fourth-order valence-electron chi connectivity index (χ4n) is 2.87. The van der Waals surface area contributed by atoms with Crippen LogP contribution in [-0.2, 0) is 6.42 Å². The van der Waals surface area contributed by atoms with E-state index in [0.717, 1.165) is 32.4 Å². The molecule has 2 aromatic rings. The molecule has 1 aliphatic heterocycles. The maximum atomic E-state index is 12.3. The lowest BCUT2D eigenvalue weighted by Crippen LogP contribution is -2.39. The number of carbonyl (C=O) groups is 1. The standard InChI is InChI=1S/C17H19N3O/c21-17(16-7-4-10-18-19-16)20-11-8-15(9-12-20)13-14-5-2-1-3-6-14/h1-7,10,15H,8-9,11-13H2. The molecule has 4 nitrogen and oxygen atoms in total. The zero-order chi connectivity index (χ0) is 14.5. The second-order valence-corrected chi connectivity index (χ2v) is 5.53. The largest absolute Gasteiger partial charge is 0.337 e. The van der Waals surface area contributed by atoms with E-state index in [1.54, 1.807) is 18.3 Å². The first-order valence-corrected chi connectivity index (χ1v) is 7.44. The summed E-state index contributed by atoms with van der Waals surface area (Å²) in [6, 6.07) is 14.1. The highest BCUT2D eigenvalue weighted by Crippen LogP contribution is 2.22. The molecular weight excluding hydrogens is 262 g/mol. The monoisotopic (exact) mass is 281 g/mol. The third kappa shape index (κ3) is 3.45. The summed E-state index contributed by atoms with van der Waals surface area (Å²) in [7, 11) is 0. The predicted octanol–water partition coefficient (Wildman–Crippen LogP) is 2.57. The van der Waals surface area contributed by atoms with Crippen molar-refractivity contribution < 1.29 is 4.79 Å². The Morgan fingerprint density at radius 1 is 1.10 bits per heavy atom. The van der Waals surface area contributed by atoms with E-state index < -0.39 is 0 Å². The van der Waals surface area contributed by atoms with E-state index in [2.05, 4.69) is 34.5 Å². The molecule has 1 amide bonds. The van der Waals surface area contributed by atoms with Gasteiger partial charge in [-0.15, -0.1) is 5.10 Å². The Balaban J connectivity index is 1.54. The fourth-order valence-corrected chi connectivity index (χ4v) is 2.87. The Morgan fingerprint density at radius 3 is 2.52 bits per heavy atom. The Hall–Kier alpha value is -2.23. The number of nitrogens with zero attached hydrogens (tertiary/aromatic N) is 3. The van der Waals surface area contributed by atoms with E-state index >= 15 is 0 Å². The number of carbonyl (C=O) groups excluding carboxylic acids is 1. The molecule has 0 bridgehead atoms. The molecule has 1 fully saturated rings. The van der Waals surface area contributed by atoms with Crippen LogP contribution in [0.3, 0.4) is 0 Å². The van der Waals surface area contributed by atoms with Gasteiger partial charge in [-0.25, -0.2) is 0 Å². The van der Waals surface area contributed by atoms with Gasteiger partial charge in [-0.2, -0.15) is 5.10 Å². The number of hydrogen-bond acceptors (Lipinski definition) is 3. The number of rotatable bonds is 3. The SMILES string of the molecule is O=C(c1cccnn1)N1CCC(Cc2ccccc2)CC1. The van der Waals surface area contributed by atoms with Crippen LogP contribution in [-0.4, -0.2) is 34.1 Å². The van der Waals surface area contributed by atoms with Crippen LogP contribution < -0.4 is 0 Å². The molecule has 0 N–H and O–H groups in total. The molecule has 0 atom stereocenters. The minimum absolute atomic E-state index is 0.00117. The summed E-state index contributed by atoms with van der Waals surface area (Å²) in [6.45, 7) is 1.62. The van der Waals surface area contributed by atoms with Gasteiger partial charge in [-0.1, -0.05) is 30.3 Å². The molecule has 4 heteroatoms. The summed E-state index contributed by atoms with van der Waals surface area (Å²) in [5.74, 6) is 0.666. The second kappa shape index (κ2) is 6.48. The maximum Gasteiger partial charge on any atom is 0.274 e. The van der Waals surface area contributed by atoms with Crippen molar-refractivity contribution >= 4 is 5.91 Å². The van der Waals surface area contributed by atoms with Crippen molar-refractivity contribution in [2.75, 3.05) is 13.1 Å². The summed E-state index contributed by atoms with van der Waals surface area (Å²) < 4.78 is 0. The van der Waals surface area contributed by atoms with Crippen LogP contribution in [0, 0.1) is 5.92 Å². The van der Waals surface area contributed by atoms with E-state index in [-0.39, 0.29) is 5.91 Å². The van der Waals surface area contributed by atoms with Gasteiger partial charge in [0.25, 0.3) is 5.91 Å². The first-order chi connectivity index (χ1) is 10.3. The van der Waals surface area contributed by atoms with Crippen molar-refractivity contribution in [1.82, 2.24) is 15.1 Å². The molecule has 1 saturated heterocycles. The van der Waals surface area contributed by atoms with Crippen molar-refractivity contribution in [1.29, 1.82) is 0 Å². The molecule has 1 aromatic heterocycles. The Morgan fingerprint density at radius 2 is 1.86 bits per heavy atom. The van der Waals surface area contributed by atoms with Crippen LogP contribution in [0.2, 0.25) is 0 Å². The maximum absolute atomic E-state index is 12.3. The van der Waals surface area contributed by atoms with E-state index in [1.165, 1.54) is 5.56 Å². The predicted molar refractivity (Wildman–Crippen MR) is 80.8 cm³/mol.